The number of benzene rings is 2. The van der Waals surface area contributed by atoms with Crippen molar-refractivity contribution in [2.75, 3.05) is 65.2 Å². The highest BCUT2D eigenvalue weighted by atomic mass is 35.5. The second kappa shape index (κ2) is 16.7. The molecule has 0 bridgehead atoms. The Morgan fingerprint density at radius 1 is 1.02 bits per heavy atom. The number of fused-ring (bicyclic) bond motifs is 2. The van der Waals surface area contributed by atoms with Crippen molar-refractivity contribution in [3.8, 4) is 0 Å². The monoisotopic (exact) mass is 744 g/mol. The first kappa shape index (κ1) is 38.3. The number of piperidine rings is 2. The second-order valence-electron chi connectivity index (χ2n) is 14.7. The number of aliphatic hydroxyl groups is 1. The number of carbonyl (C=O) groups excluding carboxylic acids is 3. The van der Waals surface area contributed by atoms with E-state index in [1.165, 1.54) is 10.9 Å². The van der Waals surface area contributed by atoms with Gasteiger partial charge in [-0.05, 0) is 82.2 Å². The van der Waals surface area contributed by atoms with Crippen LogP contribution in [0, 0.1) is 11.8 Å². The topological polar surface area (TPSA) is 153 Å². The minimum absolute atomic E-state index is 0.0818. The number of hydrogen-bond donors (Lipinski definition) is 3. The van der Waals surface area contributed by atoms with Gasteiger partial charge in [-0.25, -0.2) is 4.98 Å². The summed E-state index contributed by atoms with van der Waals surface area (Å²) in [4.78, 5) is 67.2. The Morgan fingerprint density at radius 3 is 2.53 bits per heavy atom. The predicted octanol–water partition coefficient (Wildman–Crippen LogP) is 3.62. The molecule has 2 saturated heterocycles. The van der Waals surface area contributed by atoms with Gasteiger partial charge in [-0.15, -0.1) is 0 Å². The number of nitrogens with one attached hydrogen (secondary N) is 2. The van der Waals surface area contributed by atoms with Crippen LogP contribution in [0.25, 0.3) is 21.8 Å². The van der Waals surface area contributed by atoms with E-state index in [1.807, 2.05) is 30.0 Å². The summed E-state index contributed by atoms with van der Waals surface area (Å²) in [6.07, 6.45) is 5.74. The largest absolute Gasteiger partial charge is 0.388 e. The number of halogens is 1. The smallest absolute Gasteiger partial charge is 0.261 e. The van der Waals surface area contributed by atoms with E-state index in [2.05, 4.69) is 32.4 Å². The van der Waals surface area contributed by atoms with Gasteiger partial charge in [-0.1, -0.05) is 31.0 Å². The molecule has 6 rings (SSSR count). The minimum Gasteiger partial charge on any atom is -0.388 e. The van der Waals surface area contributed by atoms with Gasteiger partial charge >= 0.3 is 0 Å². The van der Waals surface area contributed by atoms with Gasteiger partial charge in [0.05, 0.1) is 39.9 Å². The molecule has 4 heterocycles. The maximum atomic E-state index is 13.8. The fourth-order valence-electron chi connectivity index (χ4n) is 7.48. The van der Waals surface area contributed by atoms with E-state index in [0.29, 0.717) is 84.7 Å². The van der Waals surface area contributed by atoms with E-state index in [-0.39, 0.29) is 41.7 Å². The van der Waals surface area contributed by atoms with Crippen LogP contribution in [0.1, 0.15) is 49.4 Å². The van der Waals surface area contributed by atoms with Crippen molar-refractivity contribution in [3.05, 3.63) is 75.9 Å². The lowest BCUT2D eigenvalue weighted by molar-refractivity contribution is -0.144. The average molecular weight is 745 g/mol. The van der Waals surface area contributed by atoms with Crippen LogP contribution in [-0.4, -0.2) is 118 Å². The van der Waals surface area contributed by atoms with Crippen LogP contribution in [-0.2, 0) is 16.1 Å². The first-order chi connectivity index (χ1) is 25.4. The molecule has 0 saturated carbocycles. The standard InChI is InChI=1S/C39H49ClN8O5/c1-4-26-23-46(20-15-42-36(50)27-5-7-30-32(40)9-14-41-33(30)21-27)17-10-29(26)37(51)47-18-12-39(53,13-19-47)24-48-25-43-34-22-28(6-8-31(34)38(48)52)44-35(49)11-16-45(2)3/h5-9,14,21-22,25-26,29,53H,4,10-13,15-20,23-24H2,1-3H3,(H,42,50)(H,44,49)/t26-,29-/m1/s1. The van der Waals surface area contributed by atoms with Crippen LogP contribution in [0.4, 0.5) is 5.69 Å². The van der Waals surface area contributed by atoms with Gasteiger partial charge in [-0.2, -0.15) is 0 Å². The highest BCUT2D eigenvalue weighted by Crippen LogP contribution is 2.31. The zero-order chi connectivity index (χ0) is 37.7. The summed E-state index contributed by atoms with van der Waals surface area (Å²) < 4.78 is 1.44. The Labute approximate surface area is 314 Å². The summed E-state index contributed by atoms with van der Waals surface area (Å²) in [6.45, 7) is 6.39. The molecule has 2 fully saturated rings. The predicted molar refractivity (Wildman–Crippen MR) is 206 cm³/mol. The summed E-state index contributed by atoms with van der Waals surface area (Å²) in [5.74, 6) is -0.0482. The van der Waals surface area contributed by atoms with Crippen molar-refractivity contribution in [1.29, 1.82) is 0 Å². The molecule has 0 unspecified atom stereocenters. The van der Waals surface area contributed by atoms with Crippen molar-refractivity contribution < 1.29 is 19.5 Å². The number of anilines is 1. The number of likely N-dealkylation sites (tertiary alicyclic amines) is 2. The Kier molecular flexibility index (Phi) is 12.1. The molecule has 4 aromatic rings. The SMILES string of the molecule is CC[C@@H]1CN(CCNC(=O)c2ccc3c(Cl)ccnc3c2)CC[C@H]1C(=O)N1CCC(O)(Cn2cnc3cc(NC(=O)CCN(C)C)ccc3c2=O)CC1. The molecule has 2 aliphatic heterocycles. The van der Waals surface area contributed by atoms with Gasteiger partial charge in [0.15, 0.2) is 0 Å². The molecule has 0 aliphatic carbocycles. The zero-order valence-corrected chi connectivity index (χ0v) is 31.4. The molecule has 3 amide bonds. The lowest BCUT2D eigenvalue weighted by Gasteiger charge is -2.43. The lowest BCUT2D eigenvalue weighted by Crippen LogP contribution is -2.53. The van der Waals surface area contributed by atoms with Crippen LogP contribution in [0.15, 0.2) is 59.8 Å². The van der Waals surface area contributed by atoms with E-state index in [4.69, 9.17) is 11.6 Å². The molecule has 3 N–H and O–H groups in total. The van der Waals surface area contributed by atoms with Crippen molar-refractivity contribution in [2.45, 2.75) is 51.2 Å². The molecular formula is C39H49ClN8O5. The molecule has 2 atom stereocenters. The summed E-state index contributed by atoms with van der Waals surface area (Å²) in [5, 5.41) is 19.2. The zero-order valence-electron chi connectivity index (χ0n) is 30.7. The molecule has 0 spiro atoms. The molecular weight excluding hydrogens is 696 g/mol. The first-order valence-corrected chi connectivity index (χ1v) is 18.8. The molecule has 2 aliphatic rings. The van der Waals surface area contributed by atoms with E-state index < -0.39 is 5.60 Å². The van der Waals surface area contributed by atoms with Crippen LogP contribution in [0.2, 0.25) is 5.02 Å². The lowest BCUT2D eigenvalue weighted by atomic mass is 9.81. The highest BCUT2D eigenvalue weighted by Gasteiger charge is 2.39. The van der Waals surface area contributed by atoms with Crippen LogP contribution in [0.3, 0.4) is 0 Å². The average Bonchev–Trinajstić information content (AvgIpc) is 3.15. The number of rotatable bonds is 12. The highest BCUT2D eigenvalue weighted by molar-refractivity contribution is 6.35. The normalized spacial score (nSPS) is 19.1. The Bertz CT molecular complexity index is 2030. The maximum absolute atomic E-state index is 13.8. The van der Waals surface area contributed by atoms with E-state index in [0.717, 1.165) is 31.3 Å². The summed E-state index contributed by atoms with van der Waals surface area (Å²) >= 11 is 6.24. The van der Waals surface area contributed by atoms with Crippen molar-refractivity contribution in [3.63, 3.8) is 0 Å². The van der Waals surface area contributed by atoms with Crippen molar-refractivity contribution in [1.82, 2.24) is 34.6 Å². The molecule has 2 aromatic carbocycles. The quantitative estimate of drug-likeness (QED) is 0.198. The van der Waals surface area contributed by atoms with Gasteiger partial charge in [0.1, 0.15) is 0 Å². The fourth-order valence-corrected chi connectivity index (χ4v) is 7.70. The molecule has 2 aromatic heterocycles. The first-order valence-electron chi connectivity index (χ1n) is 18.4. The van der Waals surface area contributed by atoms with Crippen LogP contribution < -0.4 is 16.2 Å². The van der Waals surface area contributed by atoms with Crippen molar-refractivity contribution in [2.24, 2.45) is 11.8 Å². The Balaban J connectivity index is 0.976. The summed E-state index contributed by atoms with van der Waals surface area (Å²) in [6, 6.07) is 12.1. The molecule has 13 nitrogen and oxygen atoms in total. The van der Waals surface area contributed by atoms with Gasteiger partial charge in [0.25, 0.3) is 11.5 Å². The third-order valence-electron chi connectivity index (χ3n) is 10.7. The number of carbonyl (C=O) groups is 3. The number of nitrogens with zero attached hydrogens (tertiary/aromatic N) is 6. The van der Waals surface area contributed by atoms with Crippen LogP contribution in [0.5, 0.6) is 0 Å². The number of hydrogen-bond acceptors (Lipinski definition) is 9. The molecule has 0 radical (unpaired) electrons. The number of pyridine rings is 1. The third kappa shape index (κ3) is 9.21. The molecule has 53 heavy (non-hydrogen) atoms. The van der Waals surface area contributed by atoms with Gasteiger partial charge in [-0.3, -0.25) is 28.7 Å². The second-order valence-corrected chi connectivity index (χ2v) is 15.1. The van der Waals surface area contributed by atoms with E-state index in [1.54, 1.807) is 42.6 Å². The summed E-state index contributed by atoms with van der Waals surface area (Å²) in [5.41, 5.74) is 0.837. The Morgan fingerprint density at radius 2 is 1.77 bits per heavy atom. The third-order valence-corrected chi connectivity index (χ3v) is 11.0. The van der Waals surface area contributed by atoms with Gasteiger partial charge in [0, 0.05) is 74.4 Å². The maximum Gasteiger partial charge on any atom is 0.261 e. The number of aromatic nitrogens is 3. The van der Waals surface area contributed by atoms with Gasteiger partial charge in [0.2, 0.25) is 11.8 Å². The minimum atomic E-state index is -1.15. The van der Waals surface area contributed by atoms with E-state index in [9.17, 15) is 24.3 Å². The van der Waals surface area contributed by atoms with Gasteiger partial charge < -0.3 is 30.4 Å². The van der Waals surface area contributed by atoms with E-state index >= 15 is 0 Å². The molecule has 14 heteroatoms. The Hall–Kier alpha value is -4.43. The molecule has 282 valence electrons. The number of amides is 3. The fraction of sp³-hybridized carbons (Fsp3) is 0.487. The van der Waals surface area contributed by atoms with Crippen molar-refractivity contribution >= 4 is 56.8 Å². The summed E-state index contributed by atoms with van der Waals surface area (Å²) in [7, 11) is 3.81. The van der Waals surface area contributed by atoms with Crippen LogP contribution >= 0.6 is 11.6 Å².